The Morgan fingerprint density at radius 3 is 2.46 bits per heavy atom. The minimum atomic E-state index is -4.78. The number of nitrogens with zero attached hydrogens (tertiary/aromatic N) is 1. The number of esters is 1. The number of halogens is 3. The summed E-state index contributed by atoms with van der Waals surface area (Å²) in [6.07, 6.45) is -0.436. The molecule has 28 heavy (non-hydrogen) atoms. The van der Waals surface area contributed by atoms with Gasteiger partial charge in [-0.05, 0) is 43.0 Å². The Morgan fingerprint density at radius 1 is 1.18 bits per heavy atom. The number of hydrogen-bond donors (Lipinski definition) is 1. The molecule has 0 aromatic heterocycles. The first-order chi connectivity index (χ1) is 13.2. The average molecular weight is 400 g/mol. The highest BCUT2D eigenvalue weighted by atomic mass is 19.4. The van der Waals surface area contributed by atoms with Crippen molar-refractivity contribution in [1.82, 2.24) is 4.90 Å². The van der Waals surface area contributed by atoms with Gasteiger partial charge in [-0.25, -0.2) is 4.79 Å². The normalized spacial score (nSPS) is 17.4. The third kappa shape index (κ3) is 6.60. The monoisotopic (exact) mass is 400 g/mol. The van der Waals surface area contributed by atoms with Gasteiger partial charge in [0, 0.05) is 12.6 Å². The SMILES string of the molecule is NC(=O)[C@@H]1CCCCN1C(=O)COC(=O)/C=C/c1ccc(OC(F)(F)F)cc1. The highest BCUT2D eigenvalue weighted by Gasteiger charge is 2.31. The highest BCUT2D eigenvalue weighted by Crippen LogP contribution is 2.23. The zero-order valence-electron chi connectivity index (χ0n) is 14.8. The van der Waals surface area contributed by atoms with Crippen molar-refractivity contribution in [2.45, 2.75) is 31.7 Å². The highest BCUT2D eigenvalue weighted by molar-refractivity contribution is 5.91. The summed E-state index contributed by atoms with van der Waals surface area (Å²) in [4.78, 5) is 36.6. The topological polar surface area (TPSA) is 98.9 Å². The molecule has 0 spiro atoms. The minimum Gasteiger partial charge on any atom is -0.452 e. The average Bonchev–Trinajstić information content (AvgIpc) is 2.64. The van der Waals surface area contributed by atoms with E-state index in [-0.39, 0.29) is 5.75 Å². The molecule has 2 amide bonds. The molecule has 0 saturated carbocycles. The van der Waals surface area contributed by atoms with E-state index in [0.29, 0.717) is 18.5 Å². The van der Waals surface area contributed by atoms with Crippen LogP contribution in [0, 0.1) is 0 Å². The fraction of sp³-hybridized carbons (Fsp3) is 0.389. The molecule has 7 nitrogen and oxygen atoms in total. The van der Waals surface area contributed by atoms with Crippen molar-refractivity contribution in [2.75, 3.05) is 13.2 Å². The van der Waals surface area contributed by atoms with Gasteiger partial charge in [-0.3, -0.25) is 9.59 Å². The lowest BCUT2D eigenvalue weighted by Crippen LogP contribution is -2.51. The van der Waals surface area contributed by atoms with E-state index in [1.165, 1.54) is 23.1 Å². The molecule has 152 valence electrons. The third-order valence-corrected chi connectivity index (χ3v) is 4.02. The number of carbonyl (C=O) groups excluding carboxylic acids is 3. The summed E-state index contributed by atoms with van der Waals surface area (Å²) in [6, 6.07) is 4.14. The maximum absolute atomic E-state index is 12.2. The second kappa shape index (κ2) is 9.25. The number of benzene rings is 1. The molecule has 1 aromatic carbocycles. The molecule has 1 aliphatic heterocycles. The number of rotatable bonds is 6. The number of primary amides is 1. The van der Waals surface area contributed by atoms with Crippen molar-refractivity contribution >= 4 is 23.9 Å². The molecule has 0 radical (unpaired) electrons. The summed E-state index contributed by atoms with van der Waals surface area (Å²) in [5.74, 6) is -2.31. The summed E-state index contributed by atoms with van der Waals surface area (Å²) in [5, 5.41) is 0. The van der Waals surface area contributed by atoms with Gasteiger partial charge in [-0.15, -0.1) is 13.2 Å². The van der Waals surface area contributed by atoms with Gasteiger partial charge in [0.15, 0.2) is 6.61 Å². The lowest BCUT2D eigenvalue weighted by molar-refractivity contribution is -0.274. The minimum absolute atomic E-state index is 0.367. The molecule has 0 bridgehead atoms. The van der Waals surface area contributed by atoms with Gasteiger partial charge in [0.1, 0.15) is 11.8 Å². The van der Waals surface area contributed by atoms with Crippen LogP contribution < -0.4 is 10.5 Å². The first kappa shape index (κ1) is 21.3. The zero-order chi connectivity index (χ0) is 20.7. The molecule has 1 saturated heterocycles. The molecular formula is C18H19F3N2O5. The molecule has 1 aromatic rings. The standard InChI is InChI=1S/C18H19F3N2O5/c19-18(20,21)28-13-7-4-12(5-8-13)6-9-16(25)27-11-15(24)23-10-2-1-3-14(23)17(22)26/h4-9,14H,1-3,10-11H2,(H2,22,26)/b9-6+/t14-/m0/s1. The van der Waals surface area contributed by atoms with Crippen molar-refractivity contribution in [3.63, 3.8) is 0 Å². The zero-order valence-corrected chi connectivity index (χ0v) is 14.8. The molecule has 1 fully saturated rings. The van der Waals surface area contributed by atoms with Crippen LogP contribution in [0.4, 0.5) is 13.2 Å². The van der Waals surface area contributed by atoms with Gasteiger partial charge in [-0.2, -0.15) is 0 Å². The first-order valence-corrected chi connectivity index (χ1v) is 8.45. The molecule has 1 heterocycles. The number of amides is 2. The van der Waals surface area contributed by atoms with E-state index in [1.807, 2.05) is 0 Å². The predicted molar refractivity (Wildman–Crippen MR) is 91.7 cm³/mol. The van der Waals surface area contributed by atoms with E-state index < -0.39 is 36.8 Å². The second-order valence-electron chi connectivity index (χ2n) is 6.06. The lowest BCUT2D eigenvalue weighted by atomic mass is 10.0. The Hall–Kier alpha value is -3.04. The van der Waals surface area contributed by atoms with Crippen molar-refractivity contribution < 1.29 is 37.0 Å². The van der Waals surface area contributed by atoms with Crippen molar-refractivity contribution in [3.8, 4) is 5.75 Å². The Morgan fingerprint density at radius 2 is 1.86 bits per heavy atom. The smallest absolute Gasteiger partial charge is 0.452 e. The van der Waals surface area contributed by atoms with Crippen molar-refractivity contribution in [2.24, 2.45) is 5.73 Å². The largest absolute Gasteiger partial charge is 0.573 e. The van der Waals surface area contributed by atoms with E-state index in [1.54, 1.807) is 0 Å². The fourth-order valence-electron chi connectivity index (χ4n) is 2.73. The van der Waals surface area contributed by atoms with Gasteiger partial charge in [-0.1, -0.05) is 12.1 Å². The van der Waals surface area contributed by atoms with Gasteiger partial charge in [0.05, 0.1) is 0 Å². The number of likely N-dealkylation sites (tertiary alicyclic amines) is 1. The predicted octanol–water partition coefficient (Wildman–Crippen LogP) is 2.01. The van der Waals surface area contributed by atoms with Crippen LogP contribution in [0.15, 0.2) is 30.3 Å². The summed E-state index contributed by atoms with van der Waals surface area (Å²) in [5.41, 5.74) is 5.72. The Labute approximate surface area is 158 Å². The number of carbonyl (C=O) groups is 3. The van der Waals surface area contributed by atoms with Crippen LogP contribution >= 0.6 is 0 Å². The van der Waals surface area contributed by atoms with E-state index in [0.717, 1.165) is 31.1 Å². The molecule has 2 rings (SSSR count). The maximum atomic E-state index is 12.2. The van der Waals surface area contributed by atoms with E-state index in [2.05, 4.69) is 4.74 Å². The fourth-order valence-corrected chi connectivity index (χ4v) is 2.73. The molecule has 10 heteroatoms. The van der Waals surface area contributed by atoms with Gasteiger partial charge in [0.2, 0.25) is 5.91 Å². The summed E-state index contributed by atoms with van der Waals surface area (Å²) in [7, 11) is 0. The van der Waals surface area contributed by atoms with Gasteiger partial charge in [0.25, 0.3) is 5.91 Å². The van der Waals surface area contributed by atoms with Gasteiger partial charge < -0.3 is 20.1 Å². The molecular weight excluding hydrogens is 381 g/mol. The summed E-state index contributed by atoms with van der Waals surface area (Å²) >= 11 is 0. The number of nitrogens with two attached hydrogens (primary N) is 1. The molecule has 1 aliphatic rings. The third-order valence-electron chi connectivity index (χ3n) is 4.02. The molecule has 0 unspecified atom stereocenters. The molecule has 2 N–H and O–H groups in total. The van der Waals surface area contributed by atoms with Crippen LogP contribution in [0.3, 0.4) is 0 Å². The van der Waals surface area contributed by atoms with Crippen LogP contribution in [0.25, 0.3) is 6.08 Å². The van der Waals surface area contributed by atoms with E-state index >= 15 is 0 Å². The van der Waals surface area contributed by atoms with Gasteiger partial charge >= 0.3 is 12.3 Å². The quantitative estimate of drug-likeness (QED) is 0.582. The lowest BCUT2D eigenvalue weighted by Gasteiger charge is -2.33. The first-order valence-electron chi connectivity index (χ1n) is 8.45. The maximum Gasteiger partial charge on any atom is 0.573 e. The number of alkyl halides is 3. The van der Waals surface area contributed by atoms with Crippen LogP contribution in [0.1, 0.15) is 24.8 Å². The second-order valence-corrected chi connectivity index (χ2v) is 6.06. The van der Waals surface area contributed by atoms with Crippen LogP contribution in [0.5, 0.6) is 5.75 Å². The summed E-state index contributed by atoms with van der Waals surface area (Å²) in [6.45, 7) is -0.169. The van der Waals surface area contributed by atoms with Crippen molar-refractivity contribution in [1.29, 1.82) is 0 Å². The molecule has 0 aliphatic carbocycles. The Kier molecular flexibility index (Phi) is 7.02. The Bertz CT molecular complexity index is 747. The number of piperidine rings is 1. The number of hydrogen-bond acceptors (Lipinski definition) is 5. The van der Waals surface area contributed by atoms with Crippen molar-refractivity contribution in [3.05, 3.63) is 35.9 Å². The van der Waals surface area contributed by atoms with Crippen LogP contribution in [-0.4, -0.2) is 48.2 Å². The van der Waals surface area contributed by atoms with Crippen LogP contribution in [0.2, 0.25) is 0 Å². The number of ether oxygens (including phenoxy) is 2. The van der Waals surface area contributed by atoms with E-state index in [4.69, 9.17) is 10.5 Å². The molecule has 1 atom stereocenters. The van der Waals surface area contributed by atoms with Crippen LogP contribution in [-0.2, 0) is 19.1 Å². The Balaban J connectivity index is 1.84. The van der Waals surface area contributed by atoms with E-state index in [9.17, 15) is 27.6 Å². The summed E-state index contributed by atoms with van der Waals surface area (Å²) < 4.78 is 44.9.